The van der Waals surface area contributed by atoms with Crippen molar-refractivity contribution >= 4 is 5.97 Å². The van der Waals surface area contributed by atoms with E-state index in [2.05, 4.69) is 12.2 Å². The third kappa shape index (κ3) is 4.07. The van der Waals surface area contributed by atoms with Gasteiger partial charge in [-0.3, -0.25) is 0 Å². The van der Waals surface area contributed by atoms with Crippen LogP contribution in [0.3, 0.4) is 0 Å². The Morgan fingerprint density at radius 3 is 2.50 bits per heavy atom. The van der Waals surface area contributed by atoms with Crippen LogP contribution in [0.4, 0.5) is 0 Å². The highest BCUT2D eigenvalue weighted by Crippen LogP contribution is 2.26. The molecule has 1 aliphatic carbocycles. The first-order valence-electron chi connectivity index (χ1n) is 7.61. The van der Waals surface area contributed by atoms with Gasteiger partial charge in [-0.25, -0.2) is 4.79 Å². The van der Waals surface area contributed by atoms with Crippen LogP contribution in [0.5, 0.6) is 0 Å². The van der Waals surface area contributed by atoms with Crippen molar-refractivity contribution in [2.45, 2.75) is 51.6 Å². The molecule has 110 valence electrons. The van der Waals surface area contributed by atoms with Gasteiger partial charge in [-0.15, -0.1) is 0 Å². The summed E-state index contributed by atoms with van der Waals surface area (Å²) in [6, 6.07) is 8.21. The summed E-state index contributed by atoms with van der Waals surface area (Å²) < 4.78 is 4.70. The Hall–Kier alpha value is -1.35. The molecule has 0 aliphatic heterocycles. The Morgan fingerprint density at radius 2 is 1.90 bits per heavy atom. The third-order valence-electron chi connectivity index (χ3n) is 4.36. The first-order chi connectivity index (χ1) is 9.70. The zero-order valence-corrected chi connectivity index (χ0v) is 12.5. The number of hydrogen-bond acceptors (Lipinski definition) is 3. The Balaban J connectivity index is 1.82. The van der Waals surface area contributed by atoms with E-state index >= 15 is 0 Å². The van der Waals surface area contributed by atoms with E-state index in [1.54, 1.807) is 0 Å². The van der Waals surface area contributed by atoms with Gasteiger partial charge in [0.25, 0.3) is 0 Å². The summed E-state index contributed by atoms with van der Waals surface area (Å²) in [4.78, 5) is 11.4. The maximum absolute atomic E-state index is 11.4. The van der Waals surface area contributed by atoms with E-state index in [0.717, 1.165) is 12.5 Å². The molecular weight excluding hydrogens is 250 g/mol. The molecule has 1 aromatic carbocycles. The van der Waals surface area contributed by atoms with E-state index < -0.39 is 0 Å². The van der Waals surface area contributed by atoms with Gasteiger partial charge < -0.3 is 10.1 Å². The highest BCUT2D eigenvalue weighted by Gasteiger charge is 2.19. The molecule has 0 radical (unpaired) electrons. The standard InChI is InChI=1S/C17H25NO2/c1-13(15-6-4-3-5-7-15)18-12-14-8-10-16(11-9-14)17(19)20-2/h8-11,13,15,18H,3-7,12H2,1-2H3/t13-/m0/s1. The van der Waals surface area contributed by atoms with Gasteiger partial charge in [-0.1, -0.05) is 31.4 Å². The molecule has 3 nitrogen and oxygen atoms in total. The second-order valence-corrected chi connectivity index (χ2v) is 5.76. The van der Waals surface area contributed by atoms with Crippen LogP contribution in [-0.2, 0) is 11.3 Å². The van der Waals surface area contributed by atoms with Crippen molar-refractivity contribution in [1.82, 2.24) is 5.32 Å². The molecule has 1 aliphatic rings. The highest BCUT2D eigenvalue weighted by molar-refractivity contribution is 5.89. The maximum Gasteiger partial charge on any atom is 0.337 e. The summed E-state index contributed by atoms with van der Waals surface area (Å²) in [7, 11) is 1.41. The molecule has 1 fully saturated rings. The molecule has 1 aromatic rings. The van der Waals surface area contributed by atoms with Crippen LogP contribution in [0.15, 0.2) is 24.3 Å². The SMILES string of the molecule is COC(=O)c1ccc(CN[C@@H](C)C2CCCCC2)cc1. The van der Waals surface area contributed by atoms with Crippen LogP contribution in [0, 0.1) is 5.92 Å². The van der Waals surface area contributed by atoms with E-state index in [1.165, 1.54) is 44.8 Å². The molecule has 0 heterocycles. The monoisotopic (exact) mass is 275 g/mol. The van der Waals surface area contributed by atoms with Gasteiger partial charge in [0.1, 0.15) is 0 Å². The Labute approximate surface area is 121 Å². The molecule has 3 heteroatoms. The van der Waals surface area contributed by atoms with Gasteiger partial charge >= 0.3 is 5.97 Å². The van der Waals surface area contributed by atoms with E-state index in [-0.39, 0.29) is 5.97 Å². The van der Waals surface area contributed by atoms with Crippen LogP contribution in [-0.4, -0.2) is 19.1 Å². The van der Waals surface area contributed by atoms with Gasteiger partial charge in [0.15, 0.2) is 0 Å². The van der Waals surface area contributed by atoms with Gasteiger partial charge in [0.2, 0.25) is 0 Å². The number of rotatable bonds is 5. The summed E-state index contributed by atoms with van der Waals surface area (Å²) in [6.07, 6.45) is 6.87. The topological polar surface area (TPSA) is 38.3 Å². The van der Waals surface area contributed by atoms with Crippen LogP contribution in [0.25, 0.3) is 0 Å². The fraction of sp³-hybridized carbons (Fsp3) is 0.588. The number of esters is 1. The molecule has 0 spiro atoms. The molecule has 1 atom stereocenters. The fourth-order valence-corrected chi connectivity index (χ4v) is 2.96. The fourth-order valence-electron chi connectivity index (χ4n) is 2.96. The van der Waals surface area contributed by atoms with Crippen molar-refractivity contribution in [3.8, 4) is 0 Å². The number of carbonyl (C=O) groups excluding carboxylic acids is 1. The van der Waals surface area contributed by atoms with Gasteiger partial charge in [0.05, 0.1) is 12.7 Å². The van der Waals surface area contributed by atoms with Crippen molar-refractivity contribution in [2.24, 2.45) is 5.92 Å². The number of methoxy groups -OCH3 is 1. The quantitative estimate of drug-likeness (QED) is 0.835. The molecular formula is C17H25NO2. The minimum Gasteiger partial charge on any atom is -0.465 e. The first kappa shape index (κ1) is 15.0. The van der Waals surface area contributed by atoms with Crippen molar-refractivity contribution in [3.05, 3.63) is 35.4 Å². The van der Waals surface area contributed by atoms with Crippen LogP contribution in [0.2, 0.25) is 0 Å². The van der Waals surface area contributed by atoms with Gasteiger partial charge in [-0.2, -0.15) is 0 Å². The van der Waals surface area contributed by atoms with Crippen molar-refractivity contribution in [3.63, 3.8) is 0 Å². The number of hydrogen-bond donors (Lipinski definition) is 1. The lowest BCUT2D eigenvalue weighted by Gasteiger charge is -2.28. The van der Waals surface area contributed by atoms with E-state index in [9.17, 15) is 4.79 Å². The summed E-state index contributed by atoms with van der Waals surface area (Å²) in [6.45, 7) is 3.15. The number of nitrogens with one attached hydrogen (secondary N) is 1. The molecule has 0 bridgehead atoms. The van der Waals surface area contributed by atoms with Gasteiger partial charge in [0, 0.05) is 12.6 Å². The molecule has 0 aromatic heterocycles. The zero-order valence-electron chi connectivity index (χ0n) is 12.5. The molecule has 2 rings (SSSR count). The van der Waals surface area contributed by atoms with Crippen LogP contribution in [0.1, 0.15) is 54.9 Å². The van der Waals surface area contributed by atoms with E-state index in [1.807, 2.05) is 24.3 Å². The normalized spacial score (nSPS) is 17.7. The summed E-state index contributed by atoms with van der Waals surface area (Å²) in [5.41, 5.74) is 1.82. The smallest absolute Gasteiger partial charge is 0.337 e. The van der Waals surface area contributed by atoms with Crippen LogP contribution >= 0.6 is 0 Å². The van der Waals surface area contributed by atoms with Crippen molar-refractivity contribution < 1.29 is 9.53 Å². The lowest BCUT2D eigenvalue weighted by atomic mass is 9.84. The Morgan fingerprint density at radius 1 is 1.25 bits per heavy atom. The molecule has 1 N–H and O–H groups in total. The summed E-state index contributed by atoms with van der Waals surface area (Å²) in [5, 5.41) is 3.62. The average Bonchev–Trinajstić information content (AvgIpc) is 2.53. The molecule has 20 heavy (non-hydrogen) atoms. The van der Waals surface area contributed by atoms with Crippen molar-refractivity contribution in [2.75, 3.05) is 7.11 Å². The van der Waals surface area contributed by atoms with E-state index in [4.69, 9.17) is 4.74 Å². The second-order valence-electron chi connectivity index (χ2n) is 5.76. The van der Waals surface area contributed by atoms with E-state index in [0.29, 0.717) is 11.6 Å². The second kappa shape index (κ2) is 7.44. The molecule has 0 amide bonds. The van der Waals surface area contributed by atoms with Crippen molar-refractivity contribution in [1.29, 1.82) is 0 Å². The Kier molecular flexibility index (Phi) is 5.60. The lowest BCUT2D eigenvalue weighted by molar-refractivity contribution is 0.0600. The number of benzene rings is 1. The molecule has 1 saturated carbocycles. The van der Waals surface area contributed by atoms with Crippen LogP contribution < -0.4 is 5.32 Å². The molecule has 0 unspecified atom stereocenters. The predicted octanol–water partition coefficient (Wildman–Crippen LogP) is 3.53. The Bertz CT molecular complexity index is 421. The summed E-state index contributed by atoms with van der Waals surface area (Å²) in [5.74, 6) is 0.540. The molecule has 0 saturated heterocycles. The number of ether oxygens (including phenoxy) is 1. The predicted molar refractivity (Wildman–Crippen MR) is 80.7 cm³/mol. The zero-order chi connectivity index (χ0) is 14.4. The van der Waals surface area contributed by atoms with Gasteiger partial charge in [-0.05, 0) is 43.4 Å². The third-order valence-corrected chi connectivity index (χ3v) is 4.36. The maximum atomic E-state index is 11.4. The average molecular weight is 275 g/mol. The highest BCUT2D eigenvalue weighted by atomic mass is 16.5. The number of carbonyl (C=O) groups is 1. The first-order valence-corrected chi connectivity index (χ1v) is 7.61. The summed E-state index contributed by atoms with van der Waals surface area (Å²) >= 11 is 0. The minimum absolute atomic E-state index is 0.278. The lowest BCUT2D eigenvalue weighted by Crippen LogP contribution is -2.34. The minimum atomic E-state index is -0.278. The largest absolute Gasteiger partial charge is 0.465 e.